The Morgan fingerprint density at radius 2 is 1.77 bits per heavy atom. The van der Waals surface area contributed by atoms with Gasteiger partial charge in [-0.05, 0) is 35.6 Å². The van der Waals surface area contributed by atoms with Gasteiger partial charge in [-0.2, -0.15) is 0 Å². The fraction of sp³-hybridized carbons (Fsp3) is 0.391. The highest BCUT2D eigenvalue weighted by Gasteiger charge is 2.21. The Balaban J connectivity index is 1.86. The fourth-order valence-corrected chi connectivity index (χ4v) is 4.29. The first kappa shape index (κ1) is 22.0. The normalized spacial score (nSPS) is 13.0. The number of aromatic nitrogens is 2. The summed E-state index contributed by atoms with van der Waals surface area (Å²) < 4.78 is 25.4. The molecule has 2 aromatic carbocycles. The molecule has 0 spiro atoms. The van der Waals surface area contributed by atoms with E-state index in [1.165, 1.54) is 11.8 Å². The molecule has 1 aromatic heterocycles. The van der Waals surface area contributed by atoms with Gasteiger partial charge in [0, 0.05) is 6.26 Å². The number of nitrogens with zero attached hydrogens (tertiary/aromatic N) is 2. The van der Waals surface area contributed by atoms with Gasteiger partial charge < -0.3 is 9.88 Å². The number of fused-ring (bicyclic) bond motifs is 1. The lowest BCUT2D eigenvalue weighted by Gasteiger charge is -2.23. The molecule has 0 aliphatic rings. The van der Waals surface area contributed by atoms with Gasteiger partial charge in [-0.1, -0.05) is 57.2 Å². The molecule has 0 fully saturated rings. The highest BCUT2D eigenvalue weighted by Crippen LogP contribution is 2.23. The van der Waals surface area contributed by atoms with E-state index in [4.69, 9.17) is 0 Å². The molecule has 0 bridgehead atoms. The van der Waals surface area contributed by atoms with Crippen LogP contribution in [0.15, 0.2) is 48.5 Å². The SMILES string of the molecule is CCc1ccc(C(NC(=O)Cn2c(CS(C)(=O)=O)nc3ccccc32)C(C)C)cc1. The van der Waals surface area contributed by atoms with Crippen LogP contribution in [0.4, 0.5) is 0 Å². The molecule has 0 aliphatic heterocycles. The predicted molar refractivity (Wildman–Crippen MR) is 120 cm³/mol. The monoisotopic (exact) mass is 427 g/mol. The molecule has 7 heteroatoms. The third-order valence-corrected chi connectivity index (χ3v) is 5.94. The van der Waals surface area contributed by atoms with Crippen LogP contribution in [0.1, 0.15) is 43.8 Å². The van der Waals surface area contributed by atoms with Crippen molar-refractivity contribution in [2.45, 2.75) is 45.5 Å². The molecule has 1 atom stereocenters. The van der Waals surface area contributed by atoms with Crippen molar-refractivity contribution in [3.63, 3.8) is 0 Å². The molecule has 3 rings (SSSR count). The number of nitrogens with one attached hydrogen (secondary N) is 1. The van der Waals surface area contributed by atoms with E-state index >= 15 is 0 Å². The molecule has 1 amide bonds. The largest absolute Gasteiger partial charge is 0.347 e. The van der Waals surface area contributed by atoms with E-state index in [1.54, 1.807) is 4.57 Å². The number of rotatable bonds is 8. The number of amides is 1. The van der Waals surface area contributed by atoms with Crippen molar-refractivity contribution < 1.29 is 13.2 Å². The van der Waals surface area contributed by atoms with Crippen LogP contribution in [0.3, 0.4) is 0 Å². The minimum atomic E-state index is -3.28. The molecule has 0 aliphatic carbocycles. The molecular formula is C23H29N3O3S. The van der Waals surface area contributed by atoms with Crippen LogP contribution in [0.25, 0.3) is 11.0 Å². The summed E-state index contributed by atoms with van der Waals surface area (Å²) in [6.07, 6.45) is 2.14. The van der Waals surface area contributed by atoms with Crippen LogP contribution in [-0.4, -0.2) is 30.1 Å². The maximum absolute atomic E-state index is 13.0. The van der Waals surface area contributed by atoms with Gasteiger partial charge in [-0.15, -0.1) is 0 Å². The summed E-state index contributed by atoms with van der Waals surface area (Å²) in [6, 6.07) is 15.5. The van der Waals surface area contributed by atoms with E-state index in [0.29, 0.717) is 11.3 Å². The average molecular weight is 428 g/mol. The van der Waals surface area contributed by atoms with E-state index < -0.39 is 9.84 Å². The Hall–Kier alpha value is -2.67. The molecule has 0 saturated heterocycles. The molecule has 1 heterocycles. The lowest BCUT2D eigenvalue weighted by Crippen LogP contribution is -2.34. The number of aryl methyl sites for hydroxylation is 1. The van der Waals surface area contributed by atoms with Crippen molar-refractivity contribution in [2.24, 2.45) is 5.92 Å². The number of imidazole rings is 1. The second-order valence-electron chi connectivity index (χ2n) is 8.06. The lowest BCUT2D eigenvalue weighted by molar-refractivity contribution is -0.122. The minimum Gasteiger partial charge on any atom is -0.347 e. The highest BCUT2D eigenvalue weighted by molar-refractivity contribution is 7.89. The molecule has 6 nitrogen and oxygen atoms in total. The molecule has 1 N–H and O–H groups in total. The number of para-hydroxylation sites is 2. The van der Waals surface area contributed by atoms with E-state index in [0.717, 1.165) is 17.5 Å². The van der Waals surface area contributed by atoms with Crippen LogP contribution in [0.5, 0.6) is 0 Å². The number of carbonyl (C=O) groups is 1. The predicted octanol–water partition coefficient (Wildman–Crippen LogP) is 3.66. The van der Waals surface area contributed by atoms with Crippen molar-refractivity contribution in [1.29, 1.82) is 0 Å². The van der Waals surface area contributed by atoms with Gasteiger partial charge in [-0.25, -0.2) is 13.4 Å². The molecular weight excluding hydrogens is 398 g/mol. The zero-order valence-electron chi connectivity index (χ0n) is 17.9. The molecule has 30 heavy (non-hydrogen) atoms. The minimum absolute atomic E-state index is 0.0155. The zero-order chi connectivity index (χ0) is 21.9. The lowest BCUT2D eigenvalue weighted by atomic mass is 9.95. The van der Waals surface area contributed by atoms with Gasteiger partial charge in [0.15, 0.2) is 9.84 Å². The van der Waals surface area contributed by atoms with E-state index in [2.05, 4.69) is 55.3 Å². The number of sulfone groups is 1. The summed E-state index contributed by atoms with van der Waals surface area (Å²) in [5.74, 6) is 0.200. The molecule has 0 saturated carbocycles. The Kier molecular flexibility index (Phi) is 6.61. The summed E-state index contributed by atoms with van der Waals surface area (Å²) in [5.41, 5.74) is 3.74. The Bertz CT molecular complexity index is 1130. The third kappa shape index (κ3) is 5.27. The topological polar surface area (TPSA) is 81.1 Å². The van der Waals surface area contributed by atoms with Gasteiger partial charge >= 0.3 is 0 Å². The summed E-state index contributed by atoms with van der Waals surface area (Å²) in [5, 5.41) is 3.13. The smallest absolute Gasteiger partial charge is 0.240 e. The number of carbonyl (C=O) groups excluding carboxylic acids is 1. The standard InChI is InChI=1S/C23H29N3O3S/c1-5-17-10-12-18(13-11-17)23(16(2)3)25-22(27)14-26-20-9-7-6-8-19(20)24-21(26)15-30(4,28)29/h6-13,16,23H,5,14-15H2,1-4H3,(H,25,27). The zero-order valence-corrected chi connectivity index (χ0v) is 18.7. The van der Waals surface area contributed by atoms with Crippen molar-refractivity contribution in [1.82, 2.24) is 14.9 Å². The van der Waals surface area contributed by atoms with Gasteiger partial charge in [0.1, 0.15) is 18.1 Å². The molecule has 160 valence electrons. The van der Waals surface area contributed by atoms with Crippen molar-refractivity contribution in [3.05, 3.63) is 65.5 Å². The van der Waals surface area contributed by atoms with Crippen LogP contribution >= 0.6 is 0 Å². The second kappa shape index (κ2) is 9.00. The van der Waals surface area contributed by atoms with E-state index in [-0.39, 0.29) is 30.2 Å². The van der Waals surface area contributed by atoms with E-state index in [1.807, 2.05) is 24.3 Å². The second-order valence-corrected chi connectivity index (χ2v) is 10.2. The first-order valence-corrected chi connectivity index (χ1v) is 12.2. The van der Waals surface area contributed by atoms with Gasteiger partial charge in [0.25, 0.3) is 0 Å². The summed E-state index contributed by atoms with van der Waals surface area (Å²) in [6.45, 7) is 6.27. The van der Waals surface area contributed by atoms with Crippen molar-refractivity contribution >= 4 is 26.8 Å². The van der Waals surface area contributed by atoms with Crippen molar-refractivity contribution in [3.8, 4) is 0 Å². The van der Waals surface area contributed by atoms with Gasteiger partial charge in [0.05, 0.1) is 17.1 Å². The summed E-state index contributed by atoms with van der Waals surface area (Å²) in [7, 11) is -3.28. The Morgan fingerprint density at radius 3 is 2.37 bits per heavy atom. The molecule has 0 radical (unpaired) electrons. The van der Waals surface area contributed by atoms with Crippen molar-refractivity contribution in [2.75, 3.05) is 6.26 Å². The highest BCUT2D eigenvalue weighted by atomic mass is 32.2. The molecule has 1 unspecified atom stereocenters. The number of hydrogen-bond acceptors (Lipinski definition) is 4. The van der Waals surface area contributed by atoms with Gasteiger partial charge in [0.2, 0.25) is 5.91 Å². The van der Waals surface area contributed by atoms with Crippen LogP contribution in [0.2, 0.25) is 0 Å². The quantitative estimate of drug-likeness (QED) is 0.595. The summed E-state index contributed by atoms with van der Waals surface area (Å²) >= 11 is 0. The summed E-state index contributed by atoms with van der Waals surface area (Å²) in [4.78, 5) is 17.4. The first-order valence-electron chi connectivity index (χ1n) is 10.2. The van der Waals surface area contributed by atoms with E-state index in [9.17, 15) is 13.2 Å². The Labute approximate surface area is 178 Å². The molecule has 3 aromatic rings. The fourth-order valence-electron chi connectivity index (χ4n) is 3.60. The first-order chi connectivity index (χ1) is 14.2. The Morgan fingerprint density at radius 1 is 1.10 bits per heavy atom. The van der Waals surface area contributed by atoms with Crippen LogP contribution in [-0.2, 0) is 33.4 Å². The maximum Gasteiger partial charge on any atom is 0.240 e. The maximum atomic E-state index is 13.0. The third-order valence-electron chi connectivity index (χ3n) is 5.16. The van der Waals surface area contributed by atoms with Crippen LogP contribution < -0.4 is 5.32 Å². The number of hydrogen-bond donors (Lipinski definition) is 1. The number of benzene rings is 2. The average Bonchev–Trinajstić information content (AvgIpc) is 3.01. The van der Waals surface area contributed by atoms with Gasteiger partial charge in [-0.3, -0.25) is 4.79 Å². The van der Waals surface area contributed by atoms with Crippen LogP contribution in [0, 0.1) is 5.92 Å².